The van der Waals surface area contributed by atoms with Crippen molar-refractivity contribution in [2.75, 3.05) is 39.3 Å². The van der Waals surface area contributed by atoms with Crippen molar-refractivity contribution in [1.82, 2.24) is 20.9 Å². The van der Waals surface area contributed by atoms with Crippen molar-refractivity contribution in [2.45, 2.75) is 59.9 Å². The van der Waals surface area contributed by atoms with E-state index in [1.807, 2.05) is 0 Å². The number of hydrogen-bond donors (Lipinski definition) is 3. The number of rotatable bonds is 12. The molecule has 0 aliphatic heterocycles. The summed E-state index contributed by atoms with van der Waals surface area (Å²) in [5, 5.41) is 9.60. The normalized spacial score (nSPS) is 15.6. The lowest BCUT2D eigenvalue weighted by Crippen LogP contribution is -2.43. The molecule has 1 fully saturated rings. The molecule has 0 spiro atoms. The van der Waals surface area contributed by atoms with Gasteiger partial charge in [-0.05, 0) is 45.2 Å². The number of nitrogens with zero attached hydrogens (tertiary/aromatic N) is 2. The standard InChI is InChI=1S/C19H39N5O.HI/c1-6-20-19(22-12-11-21-18(25)16-9-10-16)23-14-17(13-15(4)5)24(7-2)8-3;/h15-17H,6-14H2,1-5H3,(H,21,25)(H2,20,22,23);1H. The second kappa shape index (κ2) is 14.5. The van der Waals surface area contributed by atoms with Crippen molar-refractivity contribution >= 4 is 35.8 Å². The quantitative estimate of drug-likeness (QED) is 0.173. The molecule has 0 aromatic rings. The minimum atomic E-state index is 0. The highest BCUT2D eigenvalue weighted by Gasteiger charge is 2.28. The Bertz CT molecular complexity index is 409. The molecule has 0 aromatic heterocycles. The molecule has 1 unspecified atom stereocenters. The van der Waals surface area contributed by atoms with Crippen LogP contribution in [0.25, 0.3) is 0 Å². The van der Waals surface area contributed by atoms with Gasteiger partial charge in [-0.2, -0.15) is 0 Å². The van der Waals surface area contributed by atoms with Crippen LogP contribution in [0, 0.1) is 11.8 Å². The molecule has 1 amide bonds. The Morgan fingerprint density at radius 2 is 1.69 bits per heavy atom. The highest BCUT2D eigenvalue weighted by atomic mass is 127. The van der Waals surface area contributed by atoms with E-state index in [0.29, 0.717) is 25.0 Å². The van der Waals surface area contributed by atoms with Crippen molar-refractivity contribution in [3.63, 3.8) is 0 Å². The van der Waals surface area contributed by atoms with E-state index in [1.165, 1.54) is 0 Å². The van der Waals surface area contributed by atoms with Crippen molar-refractivity contribution in [3.05, 3.63) is 0 Å². The molecule has 0 aromatic carbocycles. The fourth-order valence-corrected chi connectivity index (χ4v) is 3.02. The van der Waals surface area contributed by atoms with Crippen LogP contribution in [0.5, 0.6) is 0 Å². The van der Waals surface area contributed by atoms with E-state index < -0.39 is 0 Å². The Morgan fingerprint density at radius 3 is 2.19 bits per heavy atom. The summed E-state index contributed by atoms with van der Waals surface area (Å²) in [5.41, 5.74) is 0. The predicted octanol–water partition coefficient (Wildman–Crippen LogP) is 2.44. The van der Waals surface area contributed by atoms with Crippen LogP contribution in [0.4, 0.5) is 0 Å². The van der Waals surface area contributed by atoms with Crippen LogP contribution in [-0.4, -0.2) is 62.1 Å². The third kappa shape index (κ3) is 10.5. The Balaban J connectivity index is 0.00000625. The van der Waals surface area contributed by atoms with Gasteiger partial charge in [0.2, 0.25) is 5.91 Å². The second-order valence-corrected chi connectivity index (χ2v) is 7.22. The van der Waals surface area contributed by atoms with Crippen LogP contribution >= 0.6 is 24.0 Å². The van der Waals surface area contributed by atoms with Gasteiger partial charge in [-0.25, -0.2) is 0 Å². The number of amides is 1. The zero-order valence-corrected chi connectivity index (χ0v) is 19.6. The van der Waals surface area contributed by atoms with Gasteiger partial charge in [-0.3, -0.25) is 14.7 Å². The smallest absolute Gasteiger partial charge is 0.223 e. The summed E-state index contributed by atoms with van der Waals surface area (Å²) in [6, 6.07) is 0.472. The van der Waals surface area contributed by atoms with E-state index in [-0.39, 0.29) is 35.8 Å². The fraction of sp³-hybridized carbons (Fsp3) is 0.895. The van der Waals surface area contributed by atoms with Gasteiger partial charge in [0, 0.05) is 31.6 Å². The second-order valence-electron chi connectivity index (χ2n) is 7.22. The van der Waals surface area contributed by atoms with Crippen LogP contribution in [0.1, 0.15) is 53.9 Å². The summed E-state index contributed by atoms with van der Waals surface area (Å²) in [5.74, 6) is 1.97. The maximum absolute atomic E-state index is 11.6. The number of carbonyl (C=O) groups is 1. The van der Waals surface area contributed by atoms with Gasteiger partial charge in [0.25, 0.3) is 0 Å². The highest BCUT2D eigenvalue weighted by Crippen LogP contribution is 2.28. The Labute approximate surface area is 177 Å². The molecule has 1 saturated carbocycles. The maximum atomic E-state index is 11.6. The lowest BCUT2D eigenvalue weighted by molar-refractivity contribution is -0.122. The average Bonchev–Trinajstić information content (AvgIpc) is 3.41. The van der Waals surface area contributed by atoms with Crippen molar-refractivity contribution in [3.8, 4) is 0 Å². The number of halogens is 1. The summed E-state index contributed by atoms with van der Waals surface area (Å²) in [6.45, 7) is 16.1. The first-order valence-electron chi connectivity index (χ1n) is 10.1. The molecule has 154 valence electrons. The molecule has 1 aliphatic carbocycles. The summed E-state index contributed by atoms with van der Waals surface area (Å²) in [7, 11) is 0. The van der Waals surface area contributed by atoms with E-state index >= 15 is 0 Å². The number of nitrogens with one attached hydrogen (secondary N) is 3. The van der Waals surface area contributed by atoms with E-state index in [2.05, 4.69) is 55.5 Å². The number of likely N-dealkylation sites (N-methyl/N-ethyl adjacent to an activating group) is 1. The Hall–Kier alpha value is -0.570. The summed E-state index contributed by atoms with van der Waals surface area (Å²) >= 11 is 0. The molecule has 0 saturated heterocycles. The van der Waals surface area contributed by atoms with Gasteiger partial charge < -0.3 is 16.0 Å². The van der Waals surface area contributed by atoms with Gasteiger partial charge in [-0.1, -0.05) is 27.7 Å². The number of hydrogen-bond acceptors (Lipinski definition) is 3. The summed E-state index contributed by atoms with van der Waals surface area (Å²) in [4.78, 5) is 18.9. The number of aliphatic imine (C=N–C) groups is 1. The van der Waals surface area contributed by atoms with Crippen LogP contribution in [-0.2, 0) is 4.79 Å². The lowest BCUT2D eigenvalue weighted by atomic mass is 10.0. The van der Waals surface area contributed by atoms with E-state index in [0.717, 1.165) is 51.4 Å². The van der Waals surface area contributed by atoms with E-state index in [9.17, 15) is 4.79 Å². The number of guanidine groups is 1. The van der Waals surface area contributed by atoms with Crippen LogP contribution in [0.15, 0.2) is 4.99 Å². The highest BCUT2D eigenvalue weighted by molar-refractivity contribution is 14.0. The molecule has 1 atom stereocenters. The third-order valence-electron chi connectivity index (χ3n) is 4.54. The van der Waals surface area contributed by atoms with E-state index in [1.54, 1.807) is 0 Å². The average molecular weight is 481 g/mol. The topological polar surface area (TPSA) is 68.8 Å². The Morgan fingerprint density at radius 1 is 1.08 bits per heavy atom. The molecule has 0 heterocycles. The van der Waals surface area contributed by atoms with Gasteiger partial charge in [0.15, 0.2) is 5.96 Å². The SMILES string of the molecule is CCNC(=NCC(CC(C)C)N(CC)CC)NCCNC(=O)C1CC1.I. The monoisotopic (exact) mass is 481 g/mol. The molecule has 1 aliphatic rings. The molecule has 1 rings (SSSR count). The first kappa shape index (κ1) is 25.4. The number of carbonyl (C=O) groups excluding carboxylic acids is 1. The molecule has 7 heteroatoms. The fourth-order valence-electron chi connectivity index (χ4n) is 3.02. The molecule has 6 nitrogen and oxygen atoms in total. The lowest BCUT2D eigenvalue weighted by Gasteiger charge is -2.30. The predicted molar refractivity (Wildman–Crippen MR) is 121 cm³/mol. The first-order chi connectivity index (χ1) is 12.0. The van der Waals surface area contributed by atoms with Crippen molar-refractivity contribution < 1.29 is 4.79 Å². The van der Waals surface area contributed by atoms with Gasteiger partial charge in [0.1, 0.15) is 0 Å². The maximum Gasteiger partial charge on any atom is 0.223 e. The zero-order chi connectivity index (χ0) is 18.7. The molecular weight excluding hydrogens is 441 g/mol. The Kier molecular flexibility index (Phi) is 14.2. The van der Waals surface area contributed by atoms with Crippen LogP contribution in [0.3, 0.4) is 0 Å². The molecular formula is C19H40IN5O. The van der Waals surface area contributed by atoms with Gasteiger partial charge in [0.05, 0.1) is 6.54 Å². The van der Waals surface area contributed by atoms with E-state index in [4.69, 9.17) is 4.99 Å². The van der Waals surface area contributed by atoms with Crippen LogP contribution in [0.2, 0.25) is 0 Å². The van der Waals surface area contributed by atoms with Crippen molar-refractivity contribution in [2.24, 2.45) is 16.8 Å². The zero-order valence-electron chi connectivity index (χ0n) is 17.3. The minimum Gasteiger partial charge on any atom is -0.357 e. The molecule has 0 bridgehead atoms. The largest absolute Gasteiger partial charge is 0.357 e. The first-order valence-corrected chi connectivity index (χ1v) is 10.1. The summed E-state index contributed by atoms with van der Waals surface area (Å²) < 4.78 is 0. The van der Waals surface area contributed by atoms with Gasteiger partial charge >= 0.3 is 0 Å². The molecule has 0 radical (unpaired) electrons. The van der Waals surface area contributed by atoms with Crippen LogP contribution < -0.4 is 16.0 Å². The molecule has 26 heavy (non-hydrogen) atoms. The summed E-state index contributed by atoms with van der Waals surface area (Å²) in [6.07, 6.45) is 3.25. The van der Waals surface area contributed by atoms with Crippen molar-refractivity contribution in [1.29, 1.82) is 0 Å². The molecule has 3 N–H and O–H groups in total. The third-order valence-corrected chi connectivity index (χ3v) is 4.54. The van der Waals surface area contributed by atoms with Gasteiger partial charge in [-0.15, -0.1) is 24.0 Å². The minimum absolute atomic E-state index is 0.